The maximum absolute atomic E-state index is 9.72. The molecule has 0 saturated carbocycles. The van der Waals surface area contributed by atoms with Crippen LogP contribution in [0, 0.1) is 11.3 Å². The number of hydrogen-bond donors (Lipinski definition) is 0. The molecule has 3 aromatic carbocycles. The fourth-order valence-corrected chi connectivity index (χ4v) is 3.08. The SMILES string of the molecule is Cn1c(C(C#N)=Cc2cccc3ccccc23)nnc1-c1ccccc1. The Morgan fingerprint density at radius 1 is 0.923 bits per heavy atom. The van der Waals surface area contributed by atoms with Crippen LogP contribution in [0.4, 0.5) is 0 Å². The molecule has 26 heavy (non-hydrogen) atoms. The smallest absolute Gasteiger partial charge is 0.174 e. The van der Waals surface area contributed by atoms with Crippen molar-refractivity contribution < 1.29 is 0 Å². The molecule has 4 aromatic rings. The van der Waals surface area contributed by atoms with E-state index in [0.29, 0.717) is 11.4 Å². The molecule has 4 heteroatoms. The molecule has 0 aliphatic carbocycles. The zero-order valence-electron chi connectivity index (χ0n) is 14.3. The van der Waals surface area contributed by atoms with Crippen LogP contribution in [0.15, 0.2) is 72.8 Å². The molecule has 4 rings (SSSR count). The van der Waals surface area contributed by atoms with Crippen molar-refractivity contribution in [3.63, 3.8) is 0 Å². The summed E-state index contributed by atoms with van der Waals surface area (Å²) in [4.78, 5) is 0. The molecule has 0 amide bonds. The van der Waals surface area contributed by atoms with Crippen LogP contribution in [0.25, 0.3) is 33.8 Å². The highest BCUT2D eigenvalue weighted by Crippen LogP contribution is 2.25. The summed E-state index contributed by atoms with van der Waals surface area (Å²) in [5.41, 5.74) is 2.44. The van der Waals surface area contributed by atoms with E-state index in [-0.39, 0.29) is 0 Å². The fourth-order valence-electron chi connectivity index (χ4n) is 3.08. The normalized spacial score (nSPS) is 11.5. The van der Waals surface area contributed by atoms with Gasteiger partial charge in [-0.1, -0.05) is 72.8 Å². The molecule has 0 spiro atoms. The number of benzene rings is 3. The van der Waals surface area contributed by atoms with Gasteiger partial charge in [0.15, 0.2) is 11.6 Å². The Morgan fingerprint density at radius 3 is 2.46 bits per heavy atom. The number of allylic oxidation sites excluding steroid dienone is 1. The van der Waals surface area contributed by atoms with Gasteiger partial charge in [-0.05, 0) is 22.4 Å². The van der Waals surface area contributed by atoms with Gasteiger partial charge in [0.25, 0.3) is 0 Å². The quantitative estimate of drug-likeness (QED) is 0.510. The van der Waals surface area contributed by atoms with Gasteiger partial charge in [0.1, 0.15) is 6.07 Å². The average Bonchev–Trinajstić information content (AvgIpc) is 3.08. The van der Waals surface area contributed by atoms with Crippen LogP contribution < -0.4 is 0 Å². The number of hydrogen-bond acceptors (Lipinski definition) is 3. The molecule has 0 aliphatic rings. The highest BCUT2D eigenvalue weighted by atomic mass is 15.3. The molecule has 0 N–H and O–H groups in total. The summed E-state index contributed by atoms with van der Waals surface area (Å²) in [6, 6.07) is 26.3. The van der Waals surface area contributed by atoms with Crippen LogP contribution in [0.5, 0.6) is 0 Å². The zero-order valence-corrected chi connectivity index (χ0v) is 14.3. The van der Waals surface area contributed by atoms with E-state index in [9.17, 15) is 5.26 Å². The van der Waals surface area contributed by atoms with E-state index in [1.807, 2.05) is 72.3 Å². The second kappa shape index (κ2) is 6.66. The molecule has 124 valence electrons. The minimum Gasteiger partial charge on any atom is -0.310 e. The van der Waals surface area contributed by atoms with Gasteiger partial charge in [-0.25, -0.2) is 0 Å². The molecule has 0 bridgehead atoms. The molecule has 0 atom stereocenters. The Labute approximate surface area is 151 Å². The van der Waals surface area contributed by atoms with E-state index in [0.717, 1.165) is 27.7 Å². The Hall–Kier alpha value is -3.71. The first-order valence-corrected chi connectivity index (χ1v) is 8.32. The van der Waals surface area contributed by atoms with E-state index in [2.05, 4.69) is 34.5 Å². The fraction of sp³-hybridized carbons (Fsp3) is 0.0455. The van der Waals surface area contributed by atoms with Crippen LogP contribution in [0.2, 0.25) is 0 Å². The van der Waals surface area contributed by atoms with Gasteiger partial charge in [0, 0.05) is 12.6 Å². The summed E-state index contributed by atoms with van der Waals surface area (Å²) in [6.45, 7) is 0. The summed E-state index contributed by atoms with van der Waals surface area (Å²) in [5, 5.41) is 20.5. The van der Waals surface area contributed by atoms with Crippen LogP contribution in [0.1, 0.15) is 11.4 Å². The van der Waals surface area contributed by atoms with Crippen molar-refractivity contribution in [2.75, 3.05) is 0 Å². The average molecular weight is 336 g/mol. The largest absolute Gasteiger partial charge is 0.310 e. The summed E-state index contributed by atoms with van der Waals surface area (Å²) in [7, 11) is 1.88. The Bertz CT molecular complexity index is 1140. The second-order valence-corrected chi connectivity index (χ2v) is 6.01. The van der Waals surface area contributed by atoms with E-state index >= 15 is 0 Å². The van der Waals surface area contributed by atoms with Crippen LogP contribution in [0.3, 0.4) is 0 Å². The van der Waals surface area contributed by atoms with Crippen molar-refractivity contribution in [1.29, 1.82) is 5.26 Å². The number of aromatic nitrogens is 3. The van der Waals surface area contributed by atoms with E-state index in [1.165, 1.54) is 0 Å². The van der Waals surface area contributed by atoms with Crippen molar-refractivity contribution in [2.24, 2.45) is 7.05 Å². The minimum absolute atomic E-state index is 0.485. The first-order chi connectivity index (χ1) is 12.8. The molecular weight excluding hydrogens is 320 g/mol. The van der Waals surface area contributed by atoms with Crippen LogP contribution >= 0.6 is 0 Å². The van der Waals surface area contributed by atoms with Gasteiger partial charge >= 0.3 is 0 Å². The lowest BCUT2D eigenvalue weighted by molar-refractivity contribution is 0.901. The first-order valence-electron chi connectivity index (χ1n) is 8.32. The van der Waals surface area contributed by atoms with Gasteiger partial charge in [-0.3, -0.25) is 0 Å². The Kier molecular flexibility index (Phi) is 4.04. The second-order valence-electron chi connectivity index (χ2n) is 6.01. The molecule has 0 unspecified atom stereocenters. The van der Waals surface area contributed by atoms with Crippen molar-refractivity contribution in [3.05, 3.63) is 84.2 Å². The third-order valence-corrected chi connectivity index (χ3v) is 4.39. The van der Waals surface area contributed by atoms with Crippen LogP contribution in [-0.2, 0) is 7.05 Å². The lowest BCUT2D eigenvalue weighted by Crippen LogP contribution is -1.98. The molecule has 1 aromatic heterocycles. The molecule has 0 fully saturated rings. The van der Waals surface area contributed by atoms with Crippen LogP contribution in [-0.4, -0.2) is 14.8 Å². The predicted octanol–water partition coefficient (Wildman–Crippen LogP) is 4.70. The van der Waals surface area contributed by atoms with E-state index < -0.39 is 0 Å². The van der Waals surface area contributed by atoms with Gasteiger partial charge < -0.3 is 4.57 Å². The van der Waals surface area contributed by atoms with E-state index in [1.54, 1.807) is 0 Å². The van der Waals surface area contributed by atoms with Crippen molar-refractivity contribution in [3.8, 4) is 17.5 Å². The lowest BCUT2D eigenvalue weighted by Gasteiger charge is -2.05. The van der Waals surface area contributed by atoms with Gasteiger partial charge in [-0.15, -0.1) is 10.2 Å². The molecule has 0 radical (unpaired) electrons. The van der Waals surface area contributed by atoms with Gasteiger partial charge in [-0.2, -0.15) is 5.26 Å². The third kappa shape index (κ3) is 2.76. The monoisotopic (exact) mass is 336 g/mol. The van der Waals surface area contributed by atoms with Gasteiger partial charge in [0.2, 0.25) is 0 Å². The number of fused-ring (bicyclic) bond motifs is 1. The number of nitrogens with zero attached hydrogens (tertiary/aromatic N) is 4. The summed E-state index contributed by atoms with van der Waals surface area (Å²) >= 11 is 0. The molecular formula is C22H16N4. The summed E-state index contributed by atoms with van der Waals surface area (Å²) in [5.74, 6) is 1.29. The lowest BCUT2D eigenvalue weighted by atomic mass is 10.0. The maximum atomic E-state index is 9.72. The molecule has 0 aliphatic heterocycles. The number of rotatable bonds is 3. The molecule has 0 saturated heterocycles. The highest BCUT2D eigenvalue weighted by Gasteiger charge is 2.14. The van der Waals surface area contributed by atoms with Gasteiger partial charge in [0.05, 0.1) is 5.57 Å². The standard InChI is InChI=1S/C22H16N4/c1-26-21(17-9-3-2-4-10-17)24-25-22(26)19(15-23)14-18-12-7-11-16-8-5-6-13-20(16)18/h2-14H,1H3. The maximum Gasteiger partial charge on any atom is 0.174 e. The third-order valence-electron chi connectivity index (χ3n) is 4.39. The van der Waals surface area contributed by atoms with Crippen molar-refractivity contribution in [1.82, 2.24) is 14.8 Å². The zero-order chi connectivity index (χ0) is 17.9. The van der Waals surface area contributed by atoms with Crippen molar-refractivity contribution in [2.45, 2.75) is 0 Å². The topological polar surface area (TPSA) is 54.5 Å². The minimum atomic E-state index is 0.485. The van der Waals surface area contributed by atoms with Crippen molar-refractivity contribution >= 4 is 22.4 Å². The molecule has 4 nitrogen and oxygen atoms in total. The highest BCUT2D eigenvalue weighted by molar-refractivity contribution is 5.97. The number of nitriles is 1. The Balaban J connectivity index is 1.83. The molecule has 1 heterocycles. The summed E-state index contributed by atoms with van der Waals surface area (Å²) < 4.78 is 1.86. The first kappa shape index (κ1) is 15.8. The Morgan fingerprint density at radius 2 is 1.65 bits per heavy atom. The van der Waals surface area contributed by atoms with E-state index in [4.69, 9.17) is 0 Å². The summed E-state index contributed by atoms with van der Waals surface area (Å²) in [6.07, 6.45) is 1.88. The predicted molar refractivity (Wildman–Crippen MR) is 104 cm³/mol.